The van der Waals surface area contributed by atoms with Crippen molar-refractivity contribution in [3.8, 4) is 11.1 Å². The maximum Gasteiger partial charge on any atom is 0.159 e. The summed E-state index contributed by atoms with van der Waals surface area (Å²) < 4.78 is 13.3. The molecule has 4 nitrogen and oxygen atoms in total. The Morgan fingerprint density at radius 1 is 0.343 bits per heavy atom. The molecule has 12 aromatic rings. The standard InChI is InChI=1S/C63H48N2O2/c1-37-29-38(2)32-45(31-37)64(55-17-11-15-53-49-13-7-9-19-57(49)66-61(53)55)43-23-27-47-41(35-43)21-25-51-52-26-22-42-36-44(24-28-48(42)60(52)63(5,6)59(47)51)65(46-33-39(3)30-40(4)34-46)56-18-12-16-54-50-14-8-10-20-58(50)67-62(54)56/h7-36H,1-6H3. The minimum atomic E-state index is -0.271. The monoisotopic (exact) mass is 864 g/mol. The number of anilines is 6. The predicted molar refractivity (Wildman–Crippen MR) is 282 cm³/mol. The average Bonchev–Trinajstić information content (AvgIpc) is 3.97. The van der Waals surface area contributed by atoms with Crippen molar-refractivity contribution in [2.75, 3.05) is 9.80 Å². The predicted octanol–water partition coefficient (Wildman–Crippen LogP) is 18.3. The maximum atomic E-state index is 6.67. The molecule has 2 heterocycles. The van der Waals surface area contributed by atoms with Gasteiger partial charge in [0.1, 0.15) is 11.2 Å². The van der Waals surface area contributed by atoms with Crippen LogP contribution in [0.2, 0.25) is 0 Å². The first kappa shape index (κ1) is 39.3. The van der Waals surface area contributed by atoms with Crippen LogP contribution in [0.1, 0.15) is 47.2 Å². The van der Waals surface area contributed by atoms with Gasteiger partial charge >= 0.3 is 0 Å². The minimum absolute atomic E-state index is 0.271. The molecule has 0 radical (unpaired) electrons. The van der Waals surface area contributed by atoms with E-state index in [1.165, 1.54) is 66.1 Å². The molecule has 0 spiro atoms. The third-order valence-electron chi connectivity index (χ3n) is 14.2. The molecule has 0 N–H and O–H groups in total. The summed E-state index contributed by atoms with van der Waals surface area (Å²) in [5, 5.41) is 9.43. The lowest BCUT2D eigenvalue weighted by Crippen LogP contribution is -2.16. The third kappa shape index (κ3) is 5.99. The van der Waals surface area contributed by atoms with Crippen LogP contribution >= 0.6 is 0 Å². The highest BCUT2D eigenvalue weighted by molar-refractivity contribution is 6.12. The Kier molecular flexibility index (Phi) is 8.48. The lowest BCUT2D eigenvalue weighted by molar-refractivity contribution is 0.668. The van der Waals surface area contributed by atoms with Crippen molar-refractivity contribution in [2.45, 2.75) is 47.0 Å². The van der Waals surface area contributed by atoms with Crippen molar-refractivity contribution in [2.24, 2.45) is 0 Å². The first-order valence-corrected chi connectivity index (χ1v) is 23.3. The third-order valence-corrected chi connectivity index (χ3v) is 14.2. The number of nitrogens with zero attached hydrogens (tertiary/aromatic N) is 2. The molecule has 322 valence electrons. The Morgan fingerprint density at radius 3 is 1.18 bits per heavy atom. The Balaban J connectivity index is 0.948. The zero-order chi connectivity index (χ0) is 45.3. The molecule has 0 bridgehead atoms. The van der Waals surface area contributed by atoms with Gasteiger partial charge in [0.05, 0.1) is 11.4 Å². The Morgan fingerprint density at radius 2 is 0.746 bits per heavy atom. The molecule has 13 rings (SSSR count). The van der Waals surface area contributed by atoms with Crippen LogP contribution in [0.15, 0.2) is 191 Å². The number of hydrogen-bond acceptors (Lipinski definition) is 4. The van der Waals surface area contributed by atoms with E-state index in [1.54, 1.807) is 0 Å². The lowest BCUT2D eigenvalue weighted by atomic mass is 9.78. The number of para-hydroxylation sites is 4. The van der Waals surface area contributed by atoms with Crippen LogP contribution in [0.5, 0.6) is 0 Å². The van der Waals surface area contributed by atoms with Crippen LogP contribution in [0.4, 0.5) is 34.1 Å². The zero-order valence-electron chi connectivity index (χ0n) is 38.5. The number of furan rings is 2. The summed E-state index contributed by atoms with van der Waals surface area (Å²) in [7, 11) is 0. The fourth-order valence-electron chi connectivity index (χ4n) is 11.7. The highest BCUT2D eigenvalue weighted by atomic mass is 16.3. The molecule has 4 heteroatoms. The molecular formula is C63H48N2O2. The van der Waals surface area contributed by atoms with Gasteiger partial charge in [0.25, 0.3) is 0 Å². The summed E-state index contributed by atoms with van der Waals surface area (Å²) in [5.41, 5.74) is 19.9. The summed E-state index contributed by atoms with van der Waals surface area (Å²) in [4.78, 5) is 4.75. The van der Waals surface area contributed by atoms with E-state index >= 15 is 0 Å². The minimum Gasteiger partial charge on any atom is -0.454 e. The van der Waals surface area contributed by atoms with Crippen LogP contribution in [-0.2, 0) is 5.41 Å². The van der Waals surface area contributed by atoms with Crippen LogP contribution in [0.3, 0.4) is 0 Å². The summed E-state index contributed by atoms with van der Waals surface area (Å²) in [6.07, 6.45) is 0. The molecule has 67 heavy (non-hydrogen) atoms. The van der Waals surface area contributed by atoms with E-state index in [1.807, 2.05) is 12.1 Å². The van der Waals surface area contributed by atoms with Crippen molar-refractivity contribution >= 4 is 99.5 Å². The second-order valence-corrected chi connectivity index (χ2v) is 19.3. The van der Waals surface area contributed by atoms with Gasteiger partial charge in [0.2, 0.25) is 0 Å². The molecule has 0 amide bonds. The van der Waals surface area contributed by atoms with Gasteiger partial charge in [0.15, 0.2) is 11.2 Å². The quantitative estimate of drug-likeness (QED) is 0.167. The fourth-order valence-corrected chi connectivity index (χ4v) is 11.7. The second-order valence-electron chi connectivity index (χ2n) is 19.3. The van der Waals surface area contributed by atoms with Crippen molar-refractivity contribution < 1.29 is 8.83 Å². The highest BCUT2D eigenvalue weighted by Gasteiger charge is 2.38. The molecule has 0 fully saturated rings. The summed E-state index contributed by atoms with van der Waals surface area (Å²) in [6, 6.07) is 66.6. The number of fused-ring (bicyclic) bond motifs is 13. The van der Waals surface area contributed by atoms with Gasteiger partial charge in [-0.3, -0.25) is 0 Å². The highest BCUT2D eigenvalue weighted by Crippen LogP contribution is 2.55. The molecule has 2 aromatic heterocycles. The van der Waals surface area contributed by atoms with Crippen molar-refractivity contribution in [3.63, 3.8) is 0 Å². The average molecular weight is 865 g/mol. The normalized spacial score (nSPS) is 13.0. The van der Waals surface area contributed by atoms with Gasteiger partial charge in [-0.1, -0.05) is 123 Å². The van der Waals surface area contributed by atoms with Gasteiger partial charge in [-0.25, -0.2) is 0 Å². The van der Waals surface area contributed by atoms with E-state index in [-0.39, 0.29) is 5.41 Å². The van der Waals surface area contributed by atoms with Gasteiger partial charge in [0, 0.05) is 49.7 Å². The molecule has 1 aliphatic carbocycles. The van der Waals surface area contributed by atoms with Gasteiger partial charge in [-0.2, -0.15) is 0 Å². The Labute approximate surface area is 389 Å². The molecule has 10 aromatic carbocycles. The summed E-state index contributed by atoms with van der Waals surface area (Å²) in [6.45, 7) is 13.5. The molecule has 0 saturated heterocycles. The Hall–Kier alpha value is -8.08. The zero-order valence-corrected chi connectivity index (χ0v) is 38.5. The fraction of sp³-hybridized carbons (Fsp3) is 0.111. The number of rotatable bonds is 6. The van der Waals surface area contributed by atoms with Gasteiger partial charge in [-0.05, 0) is 167 Å². The van der Waals surface area contributed by atoms with Crippen LogP contribution in [-0.4, -0.2) is 0 Å². The van der Waals surface area contributed by atoms with E-state index in [9.17, 15) is 0 Å². The topological polar surface area (TPSA) is 32.8 Å². The van der Waals surface area contributed by atoms with Crippen LogP contribution in [0.25, 0.3) is 76.5 Å². The number of hydrogen-bond donors (Lipinski definition) is 0. The number of benzene rings is 10. The molecule has 1 aliphatic rings. The molecule has 0 atom stereocenters. The number of aryl methyl sites for hydroxylation is 4. The SMILES string of the molecule is Cc1cc(C)cc(N(c2ccc3c4c(ccc3c2)-c2ccc3cc(N(c5cc(C)cc(C)c5)c5cccc6c5oc5ccccc56)ccc3c2C4(C)C)c2cccc3c2oc2ccccc23)c1. The lowest BCUT2D eigenvalue weighted by Gasteiger charge is -2.28. The van der Waals surface area contributed by atoms with E-state index in [2.05, 4.69) is 221 Å². The van der Waals surface area contributed by atoms with Crippen LogP contribution < -0.4 is 9.80 Å². The molecule has 0 unspecified atom stereocenters. The van der Waals surface area contributed by atoms with Gasteiger partial charge < -0.3 is 18.6 Å². The van der Waals surface area contributed by atoms with Crippen molar-refractivity contribution in [1.82, 2.24) is 0 Å². The summed E-state index contributed by atoms with van der Waals surface area (Å²) in [5.74, 6) is 0. The first-order chi connectivity index (χ1) is 32.6. The van der Waals surface area contributed by atoms with E-state index < -0.39 is 0 Å². The van der Waals surface area contributed by atoms with Crippen molar-refractivity contribution in [3.05, 3.63) is 215 Å². The van der Waals surface area contributed by atoms with E-state index in [0.717, 1.165) is 78.0 Å². The molecule has 0 aliphatic heterocycles. The smallest absolute Gasteiger partial charge is 0.159 e. The van der Waals surface area contributed by atoms with E-state index in [0.29, 0.717) is 0 Å². The van der Waals surface area contributed by atoms with E-state index in [4.69, 9.17) is 8.83 Å². The van der Waals surface area contributed by atoms with Gasteiger partial charge in [-0.15, -0.1) is 0 Å². The van der Waals surface area contributed by atoms with Crippen molar-refractivity contribution in [1.29, 1.82) is 0 Å². The molecule has 0 saturated carbocycles. The summed E-state index contributed by atoms with van der Waals surface area (Å²) >= 11 is 0. The maximum absolute atomic E-state index is 6.67. The first-order valence-electron chi connectivity index (χ1n) is 23.3. The van der Waals surface area contributed by atoms with Crippen LogP contribution in [0, 0.1) is 27.7 Å². The Bertz CT molecular complexity index is 3730. The second kappa shape index (κ2) is 14.5. The largest absolute Gasteiger partial charge is 0.454 e. The molecular weight excluding hydrogens is 817 g/mol.